The number of nitrogens with two attached hydrogens (primary N) is 1. The standard InChI is InChI=1S/C6H14N2O2/c1-4-6(2,3)10-5(9)8-7/h4,7H2,1-3H3,(H,8,9). The number of carbonyl (C=O) groups excluding carboxylic acids is 1. The Morgan fingerprint density at radius 1 is 1.70 bits per heavy atom. The van der Waals surface area contributed by atoms with Crippen molar-refractivity contribution in [1.29, 1.82) is 0 Å². The molecular formula is C6H14N2O2. The van der Waals surface area contributed by atoms with Crippen molar-refractivity contribution in [2.45, 2.75) is 32.8 Å². The Kier molecular flexibility index (Phi) is 3.15. The minimum atomic E-state index is -0.591. The highest BCUT2D eigenvalue weighted by Crippen LogP contribution is 2.12. The maximum atomic E-state index is 10.5. The van der Waals surface area contributed by atoms with E-state index in [1.54, 1.807) is 0 Å². The van der Waals surface area contributed by atoms with Crippen molar-refractivity contribution in [3.8, 4) is 0 Å². The van der Waals surface area contributed by atoms with Gasteiger partial charge in [0.15, 0.2) is 0 Å². The van der Waals surface area contributed by atoms with Crippen molar-refractivity contribution in [2.75, 3.05) is 0 Å². The zero-order chi connectivity index (χ0) is 8.20. The summed E-state index contributed by atoms with van der Waals surface area (Å²) >= 11 is 0. The van der Waals surface area contributed by atoms with Crippen LogP contribution in [0.3, 0.4) is 0 Å². The van der Waals surface area contributed by atoms with Crippen LogP contribution in [-0.2, 0) is 4.74 Å². The molecule has 0 aromatic heterocycles. The SMILES string of the molecule is CCC(C)(C)OC(=O)NN. The molecule has 0 fully saturated rings. The first-order chi connectivity index (χ1) is 4.52. The second kappa shape index (κ2) is 3.41. The van der Waals surface area contributed by atoms with Gasteiger partial charge in [-0.2, -0.15) is 0 Å². The molecule has 0 aliphatic rings. The maximum absolute atomic E-state index is 10.5. The predicted octanol–water partition coefficient (Wildman–Crippen LogP) is 0.775. The normalized spacial score (nSPS) is 10.8. The van der Waals surface area contributed by atoms with Crippen LogP contribution >= 0.6 is 0 Å². The van der Waals surface area contributed by atoms with Crippen molar-refractivity contribution < 1.29 is 9.53 Å². The number of ether oxygens (including phenoxy) is 1. The molecule has 0 bridgehead atoms. The lowest BCUT2D eigenvalue weighted by Crippen LogP contribution is -2.37. The number of carbonyl (C=O) groups is 1. The van der Waals surface area contributed by atoms with Gasteiger partial charge < -0.3 is 4.74 Å². The highest BCUT2D eigenvalue weighted by molar-refractivity contribution is 5.66. The fourth-order valence-corrected chi connectivity index (χ4v) is 0.353. The third kappa shape index (κ3) is 3.29. The lowest BCUT2D eigenvalue weighted by molar-refractivity contribution is 0.0363. The molecule has 0 rings (SSSR count). The van der Waals surface area contributed by atoms with Crippen LogP contribution in [0, 0.1) is 0 Å². The fourth-order valence-electron chi connectivity index (χ4n) is 0.353. The monoisotopic (exact) mass is 146 g/mol. The highest BCUT2D eigenvalue weighted by atomic mass is 16.6. The van der Waals surface area contributed by atoms with Gasteiger partial charge in [0.1, 0.15) is 5.60 Å². The van der Waals surface area contributed by atoms with Gasteiger partial charge in [-0.25, -0.2) is 10.6 Å². The van der Waals surface area contributed by atoms with Crippen molar-refractivity contribution >= 4 is 6.09 Å². The molecule has 0 saturated carbocycles. The molecule has 0 radical (unpaired) electrons. The number of nitrogens with one attached hydrogen (secondary N) is 1. The molecule has 0 spiro atoms. The zero-order valence-electron chi connectivity index (χ0n) is 6.60. The van der Waals surface area contributed by atoms with E-state index in [4.69, 9.17) is 10.6 Å². The minimum Gasteiger partial charge on any atom is -0.443 e. The summed E-state index contributed by atoms with van der Waals surface area (Å²) in [5.74, 6) is 4.81. The lowest BCUT2D eigenvalue weighted by atomic mass is 10.1. The predicted molar refractivity (Wildman–Crippen MR) is 38.2 cm³/mol. The van der Waals surface area contributed by atoms with Gasteiger partial charge in [0.25, 0.3) is 0 Å². The Morgan fingerprint density at radius 3 is 2.50 bits per heavy atom. The lowest BCUT2D eigenvalue weighted by Gasteiger charge is -2.22. The van der Waals surface area contributed by atoms with Gasteiger partial charge >= 0.3 is 6.09 Å². The molecule has 0 aliphatic carbocycles. The summed E-state index contributed by atoms with van der Waals surface area (Å²) in [6.45, 7) is 5.58. The van der Waals surface area contributed by atoms with E-state index >= 15 is 0 Å². The molecule has 0 atom stereocenters. The zero-order valence-corrected chi connectivity index (χ0v) is 6.60. The van der Waals surface area contributed by atoms with Crippen LogP contribution in [0.2, 0.25) is 0 Å². The molecule has 0 unspecified atom stereocenters. The van der Waals surface area contributed by atoms with Gasteiger partial charge in [0.05, 0.1) is 0 Å². The van der Waals surface area contributed by atoms with Gasteiger partial charge in [0, 0.05) is 0 Å². The van der Waals surface area contributed by atoms with Gasteiger partial charge in [-0.3, -0.25) is 5.43 Å². The van der Waals surface area contributed by atoms with Crippen LogP contribution < -0.4 is 11.3 Å². The molecule has 0 heterocycles. The largest absolute Gasteiger partial charge is 0.443 e. The first-order valence-corrected chi connectivity index (χ1v) is 3.21. The van der Waals surface area contributed by atoms with E-state index in [0.717, 1.165) is 6.42 Å². The summed E-state index contributed by atoms with van der Waals surface area (Å²) in [7, 11) is 0. The van der Waals surface area contributed by atoms with Crippen LogP contribution in [0.1, 0.15) is 27.2 Å². The first kappa shape index (κ1) is 9.23. The third-order valence-electron chi connectivity index (χ3n) is 1.34. The Morgan fingerprint density at radius 2 is 2.20 bits per heavy atom. The molecule has 0 aromatic carbocycles. The van der Waals surface area contributed by atoms with E-state index in [0.29, 0.717) is 0 Å². The topological polar surface area (TPSA) is 64.3 Å². The van der Waals surface area contributed by atoms with Crippen molar-refractivity contribution in [3.05, 3.63) is 0 Å². The molecule has 4 nitrogen and oxygen atoms in total. The number of hydrazine groups is 1. The van der Waals surface area contributed by atoms with Crippen LogP contribution in [-0.4, -0.2) is 11.7 Å². The van der Waals surface area contributed by atoms with Crippen LogP contribution in [0.4, 0.5) is 4.79 Å². The smallest absolute Gasteiger partial charge is 0.421 e. The molecule has 3 N–H and O–H groups in total. The van der Waals surface area contributed by atoms with E-state index in [1.807, 2.05) is 26.2 Å². The summed E-state index contributed by atoms with van der Waals surface area (Å²) in [6, 6.07) is 0. The second-order valence-corrected chi connectivity index (χ2v) is 2.65. The van der Waals surface area contributed by atoms with Gasteiger partial charge in [0.2, 0.25) is 0 Å². The molecule has 0 aliphatic heterocycles. The van der Waals surface area contributed by atoms with Gasteiger partial charge in [-0.05, 0) is 20.3 Å². The van der Waals surface area contributed by atoms with Crippen LogP contribution in [0.25, 0.3) is 0 Å². The molecule has 0 aromatic rings. The Hall–Kier alpha value is -0.770. The minimum absolute atomic E-state index is 0.427. The fraction of sp³-hybridized carbons (Fsp3) is 0.833. The Labute approximate surface area is 60.7 Å². The summed E-state index contributed by atoms with van der Waals surface area (Å²) in [5.41, 5.74) is 1.47. The summed E-state index contributed by atoms with van der Waals surface area (Å²) < 4.78 is 4.86. The number of hydrogen-bond acceptors (Lipinski definition) is 3. The van der Waals surface area contributed by atoms with Crippen molar-refractivity contribution in [3.63, 3.8) is 0 Å². The van der Waals surface area contributed by atoms with E-state index in [2.05, 4.69) is 0 Å². The molecule has 60 valence electrons. The molecule has 10 heavy (non-hydrogen) atoms. The molecule has 0 saturated heterocycles. The van der Waals surface area contributed by atoms with Crippen LogP contribution in [0.5, 0.6) is 0 Å². The molecular weight excluding hydrogens is 132 g/mol. The van der Waals surface area contributed by atoms with E-state index in [-0.39, 0.29) is 0 Å². The van der Waals surface area contributed by atoms with E-state index in [1.165, 1.54) is 0 Å². The van der Waals surface area contributed by atoms with Gasteiger partial charge in [-0.1, -0.05) is 6.92 Å². The van der Waals surface area contributed by atoms with Crippen LogP contribution in [0.15, 0.2) is 0 Å². The second-order valence-electron chi connectivity index (χ2n) is 2.65. The maximum Gasteiger partial charge on any atom is 0.421 e. The average molecular weight is 146 g/mol. The summed E-state index contributed by atoms with van der Waals surface area (Å²) in [4.78, 5) is 10.5. The first-order valence-electron chi connectivity index (χ1n) is 3.21. The quantitative estimate of drug-likeness (QED) is 0.343. The third-order valence-corrected chi connectivity index (χ3v) is 1.34. The highest BCUT2D eigenvalue weighted by Gasteiger charge is 2.19. The van der Waals surface area contributed by atoms with Gasteiger partial charge in [-0.15, -0.1) is 0 Å². The van der Waals surface area contributed by atoms with Crippen molar-refractivity contribution in [1.82, 2.24) is 5.43 Å². The molecule has 1 amide bonds. The number of hydrogen-bond donors (Lipinski definition) is 2. The summed E-state index contributed by atoms with van der Waals surface area (Å²) in [5, 5.41) is 0. The number of rotatable bonds is 2. The average Bonchev–Trinajstić information content (AvgIpc) is 1.87. The van der Waals surface area contributed by atoms with E-state index in [9.17, 15) is 4.79 Å². The Balaban J connectivity index is 3.76. The Bertz CT molecular complexity index is 123. The van der Waals surface area contributed by atoms with E-state index < -0.39 is 11.7 Å². The molecule has 4 heteroatoms. The van der Waals surface area contributed by atoms with Crippen molar-refractivity contribution in [2.24, 2.45) is 5.84 Å². The summed E-state index contributed by atoms with van der Waals surface area (Å²) in [6.07, 6.45) is 0.173. The number of amides is 1.